The number of carbonyl (C=O) groups is 4. The van der Waals surface area contributed by atoms with Gasteiger partial charge in [0, 0.05) is 65.0 Å². The molecule has 16 nitrogen and oxygen atoms in total. The quantitative estimate of drug-likeness (QED) is 0.158. The Morgan fingerprint density at radius 3 is 1.66 bits per heavy atom. The van der Waals surface area contributed by atoms with Crippen molar-refractivity contribution in [3.05, 3.63) is 62.0 Å². The van der Waals surface area contributed by atoms with Crippen molar-refractivity contribution in [3.8, 4) is 0 Å². The molecule has 6 rings (SSSR count). The van der Waals surface area contributed by atoms with E-state index in [4.69, 9.17) is 38.3 Å². The summed E-state index contributed by atoms with van der Waals surface area (Å²) in [6, 6.07) is 3.84. The van der Waals surface area contributed by atoms with Gasteiger partial charge in [0.15, 0.2) is 0 Å². The average Bonchev–Trinajstić information content (AvgIpc) is 3.67. The summed E-state index contributed by atoms with van der Waals surface area (Å²) >= 11 is 12.7. The smallest absolute Gasteiger partial charge is 0.410 e. The standard InChI is InChI=1S/C20H28BrN5O3.C12H24N2O2.C8H5BrClN3O/c1-19(2,3)29-18(28)25-7-6-15(20(4,5)11-25)24-16-13(17(22)27)9-23-26-10-12(21)8-14(16)26;1-11(2,3)16-10(15)14-7-6-9(13)12(4,5)8-14;9-4-1-6-7(10)5(8(11)14)2-12-13(6)3-4/h8-10,15,24H,6-7,11H2,1-5H3,(H2,22,27);9H,6-8,13H2,1-5H3;1-3H,(H2,11,14). The lowest BCUT2D eigenvalue weighted by molar-refractivity contribution is 0.00518. The van der Waals surface area contributed by atoms with E-state index in [0.717, 1.165) is 20.9 Å². The maximum absolute atomic E-state index is 12.5. The first kappa shape index (κ1) is 47.5. The zero-order valence-corrected chi connectivity index (χ0v) is 39.3. The molecule has 4 amide bonds. The molecule has 2 aliphatic rings. The highest BCUT2D eigenvalue weighted by atomic mass is 79.9. The molecule has 324 valence electrons. The van der Waals surface area contributed by atoms with Gasteiger partial charge in [-0.2, -0.15) is 10.2 Å². The van der Waals surface area contributed by atoms with E-state index in [1.54, 1.807) is 31.1 Å². The van der Waals surface area contributed by atoms with E-state index >= 15 is 0 Å². The number of anilines is 1. The maximum atomic E-state index is 12.5. The lowest BCUT2D eigenvalue weighted by atomic mass is 9.79. The molecule has 0 saturated carbocycles. The van der Waals surface area contributed by atoms with E-state index in [2.05, 4.69) is 75.1 Å². The van der Waals surface area contributed by atoms with Crippen LogP contribution in [0.25, 0.3) is 11.0 Å². The van der Waals surface area contributed by atoms with E-state index in [-0.39, 0.29) is 40.7 Å². The van der Waals surface area contributed by atoms with Crippen LogP contribution >= 0.6 is 43.5 Å². The van der Waals surface area contributed by atoms with Gasteiger partial charge in [-0.15, -0.1) is 0 Å². The number of nitrogens with one attached hydrogen (secondary N) is 1. The second-order valence-electron chi connectivity index (χ2n) is 18.2. The van der Waals surface area contributed by atoms with Crippen LogP contribution in [0.1, 0.15) is 103 Å². The van der Waals surface area contributed by atoms with Gasteiger partial charge in [-0.3, -0.25) is 9.59 Å². The Hall–Kier alpha value is -4.13. The first-order valence-corrected chi connectivity index (χ1v) is 21.1. The van der Waals surface area contributed by atoms with Crippen molar-refractivity contribution in [2.75, 3.05) is 31.5 Å². The van der Waals surface area contributed by atoms with Gasteiger partial charge in [-0.25, -0.2) is 18.6 Å². The molecule has 0 spiro atoms. The Labute approximate surface area is 367 Å². The van der Waals surface area contributed by atoms with Gasteiger partial charge in [0.05, 0.1) is 45.3 Å². The number of nitrogens with zero attached hydrogens (tertiary/aromatic N) is 6. The van der Waals surface area contributed by atoms with E-state index in [1.165, 1.54) is 12.4 Å². The number of hydrogen-bond donors (Lipinski definition) is 4. The number of nitrogens with two attached hydrogens (primary N) is 3. The second kappa shape index (κ2) is 18.2. The number of rotatable bonds is 4. The predicted molar refractivity (Wildman–Crippen MR) is 236 cm³/mol. The van der Waals surface area contributed by atoms with Crippen LogP contribution in [-0.2, 0) is 9.47 Å². The van der Waals surface area contributed by atoms with E-state index in [1.807, 2.05) is 53.8 Å². The number of piperidine rings is 2. The number of halogens is 3. The zero-order valence-electron chi connectivity index (χ0n) is 35.4. The van der Waals surface area contributed by atoms with Crippen molar-refractivity contribution < 1.29 is 28.7 Å². The minimum absolute atomic E-state index is 0.0270. The van der Waals surface area contributed by atoms with E-state index in [0.29, 0.717) is 54.4 Å². The van der Waals surface area contributed by atoms with Crippen LogP contribution < -0.4 is 22.5 Å². The number of aromatic nitrogens is 4. The van der Waals surface area contributed by atoms with Crippen LogP contribution in [0.2, 0.25) is 5.02 Å². The number of carbonyl (C=O) groups excluding carboxylic acids is 4. The summed E-state index contributed by atoms with van der Waals surface area (Å²) in [6.45, 7) is 22.1. The van der Waals surface area contributed by atoms with Crippen LogP contribution in [0.15, 0.2) is 45.9 Å². The van der Waals surface area contributed by atoms with Gasteiger partial charge in [0.2, 0.25) is 0 Å². The molecule has 4 aromatic heterocycles. The Morgan fingerprint density at radius 1 is 0.763 bits per heavy atom. The Kier molecular flexibility index (Phi) is 14.7. The first-order chi connectivity index (χ1) is 27.1. The van der Waals surface area contributed by atoms with Crippen molar-refractivity contribution in [1.29, 1.82) is 0 Å². The Morgan fingerprint density at radius 2 is 1.20 bits per heavy atom. The molecule has 59 heavy (non-hydrogen) atoms. The fourth-order valence-corrected chi connectivity index (χ4v) is 7.77. The number of likely N-dealkylation sites (tertiary alicyclic amines) is 2. The minimum Gasteiger partial charge on any atom is -0.444 e. The van der Waals surface area contributed by atoms with Gasteiger partial charge >= 0.3 is 12.2 Å². The largest absolute Gasteiger partial charge is 0.444 e. The van der Waals surface area contributed by atoms with Crippen molar-refractivity contribution in [2.45, 2.75) is 105 Å². The molecule has 6 heterocycles. The van der Waals surface area contributed by atoms with E-state index in [9.17, 15) is 19.2 Å². The highest BCUT2D eigenvalue weighted by Gasteiger charge is 2.40. The number of amides is 4. The highest BCUT2D eigenvalue weighted by molar-refractivity contribution is 9.10. The Balaban J connectivity index is 0.000000216. The lowest BCUT2D eigenvalue weighted by Crippen LogP contribution is -2.54. The molecule has 7 N–H and O–H groups in total. The van der Waals surface area contributed by atoms with Gasteiger partial charge in [0.1, 0.15) is 11.2 Å². The van der Waals surface area contributed by atoms with Crippen LogP contribution in [0.3, 0.4) is 0 Å². The summed E-state index contributed by atoms with van der Waals surface area (Å²) in [5.74, 6) is -1.12. The molecule has 2 saturated heterocycles. The number of primary amides is 2. The average molecular weight is 969 g/mol. The molecule has 2 atom stereocenters. The minimum atomic E-state index is -0.581. The summed E-state index contributed by atoms with van der Waals surface area (Å²) in [7, 11) is 0. The first-order valence-electron chi connectivity index (χ1n) is 19.2. The maximum Gasteiger partial charge on any atom is 0.410 e. The molecule has 2 aliphatic heterocycles. The second-order valence-corrected chi connectivity index (χ2v) is 20.4. The molecule has 0 aromatic carbocycles. The normalized spacial score (nSPS) is 18.9. The predicted octanol–water partition coefficient (Wildman–Crippen LogP) is 7.47. The fourth-order valence-electron chi connectivity index (χ4n) is 6.67. The molecule has 4 aromatic rings. The lowest BCUT2D eigenvalue weighted by Gasteiger charge is -2.45. The van der Waals surface area contributed by atoms with Crippen molar-refractivity contribution in [1.82, 2.24) is 29.0 Å². The third kappa shape index (κ3) is 12.5. The third-order valence-corrected chi connectivity index (χ3v) is 11.1. The van der Waals surface area contributed by atoms with Crippen LogP contribution in [0.4, 0.5) is 15.3 Å². The van der Waals surface area contributed by atoms with Crippen LogP contribution in [-0.4, -0.2) is 102 Å². The molecule has 2 unspecified atom stereocenters. The van der Waals surface area contributed by atoms with Crippen molar-refractivity contribution in [2.24, 2.45) is 28.0 Å². The summed E-state index contributed by atoms with van der Waals surface area (Å²) < 4.78 is 15.8. The molecular formula is C40H57Br2ClN10O6. The number of hydrogen-bond acceptors (Lipinski definition) is 10. The van der Waals surface area contributed by atoms with Crippen LogP contribution in [0, 0.1) is 10.8 Å². The van der Waals surface area contributed by atoms with Gasteiger partial charge in [-0.1, -0.05) is 39.3 Å². The van der Waals surface area contributed by atoms with Gasteiger partial charge < -0.3 is 41.8 Å². The van der Waals surface area contributed by atoms with Crippen molar-refractivity contribution in [3.63, 3.8) is 0 Å². The van der Waals surface area contributed by atoms with E-state index < -0.39 is 23.0 Å². The third-order valence-electron chi connectivity index (χ3n) is 9.84. The highest BCUT2D eigenvalue weighted by Crippen LogP contribution is 2.35. The summed E-state index contributed by atoms with van der Waals surface area (Å²) in [5, 5.41) is 12.1. The molecule has 19 heteroatoms. The summed E-state index contributed by atoms with van der Waals surface area (Å²) in [4.78, 5) is 50.8. The Bertz CT molecular complexity index is 2190. The number of ether oxygens (including phenoxy) is 2. The molecular weight excluding hydrogens is 912 g/mol. The van der Waals surface area contributed by atoms with Crippen molar-refractivity contribution >= 4 is 84.2 Å². The SMILES string of the molecule is CC(C)(C)OC(=O)N1CCC(N)C(C)(C)C1.CC(C)(C)OC(=O)N1CCC(Nc2c(C(N)=O)cnn3cc(Br)cc23)C(C)(C)C1.NC(=O)c1cnn2cc(Br)cc2c1Cl. The topological polar surface area (TPSA) is 218 Å². The summed E-state index contributed by atoms with van der Waals surface area (Å²) in [6.07, 6.45) is 7.41. The number of fused-ring (bicyclic) bond motifs is 2. The zero-order chi connectivity index (χ0) is 44.4. The molecule has 0 aliphatic carbocycles. The van der Waals surface area contributed by atoms with Gasteiger partial charge in [0.25, 0.3) is 11.8 Å². The van der Waals surface area contributed by atoms with Crippen LogP contribution in [0.5, 0.6) is 0 Å². The molecule has 0 bridgehead atoms. The summed E-state index contributed by atoms with van der Waals surface area (Å²) in [5.41, 5.74) is 18.1. The molecule has 2 fully saturated rings. The fraction of sp³-hybridized carbons (Fsp3) is 0.550. The monoisotopic (exact) mass is 966 g/mol. The molecule has 0 radical (unpaired) electrons. The van der Waals surface area contributed by atoms with Gasteiger partial charge in [-0.05, 0) is 104 Å².